The predicted octanol–water partition coefficient (Wildman–Crippen LogP) is 1.15. The van der Waals surface area contributed by atoms with Gasteiger partial charge in [-0.1, -0.05) is 6.07 Å². The average molecular weight is 362 g/mol. The number of rotatable bonds is 5. The monoisotopic (exact) mass is 362 g/mol. The molecule has 2 aromatic rings. The Hall–Kier alpha value is -2.68. The summed E-state index contributed by atoms with van der Waals surface area (Å²) in [6.07, 6.45) is 1.89. The highest BCUT2D eigenvalue weighted by Crippen LogP contribution is 2.19. The molecule has 0 spiro atoms. The van der Waals surface area contributed by atoms with Gasteiger partial charge >= 0.3 is 0 Å². The quantitative estimate of drug-likeness (QED) is 0.821. The molecule has 2 N–H and O–H groups in total. The molecule has 1 aliphatic rings. The van der Waals surface area contributed by atoms with Crippen LogP contribution in [0.1, 0.15) is 16.9 Å². The van der Waals surface area contributed by atoms with Crippen LogP contribution in [0.3, 0.4) is 0 Å². The van der Waals surface area contributed by atoms with Crippen LogP contribution in [0.15, 0.2) is 36.5 Å². The van der Waals surface area contributed by atoms with Gasteiger partial charge in [0.2, 0.25) is 5.95 Å². The van der Waals surface area contributed by atoms with Crippen molar-refractivity contribution in [3.8, 4) is 5.75 Å². The standard InChI is InChI=1S/C16H18N4O4S/c1-24-13-4-2-3-11(9-13)19-16-17-7-5-14(20-16)15(21)18-12-6-8-25(22,23)10-12/h2-5,7,9,12H,6,8,10H2,1H3,(H,18,21)(H,17,19,20). The van der Waals surface area contributed by atoms with E-state index in [1.807, 2.05) is 18.2 Å². The average Bonchev–Trinajstić information content (AvgIpc) is 2.94. The van der Waals surface area contributed by atoms with Crippen molar-refractivity contribution < 1.29 is 17.9 Å². The van der Waals surface area contributed by atoms with E-state index in [1.165, 1.54) is 12.3 Å². The highest BCUT2D eigenvalue weighted by molar-refractivity contribution is 7.91. The van der Waals surface area contributed by atoms with Crippen molar-refractivity contribution in [2.75, 3.05) is 23.9 Å². The van der Waals surface area contributed by atoms with Crippen molar-refractivity contribution in [1.29, 1.82) is 0 Å². The van der Waals surface area contributed by atoms with E-state index >= 15 is 0 Å². The van der Waals surface area contributed by atoms with Crippen molar-refractivity contribution >= 4 is 27.4 Å². The molecule has 0 aliphatic carbocycles. The largest absolute Gasteiger partial charge is 0.497 e. The summed E-state index contributed by atoms with van der Waals surface area (Å²) in [5.41, 5.74) is 0.892. The number of amides is 1. The smallest absolute Gasteiger partial charge is 0.270 e. The summed E-state index contributed by atoms with van der Waals surface area (Å²) >= 11 is 0. The van der Waals surface area contributed by atoms with Gasteiger partial charge in [-0.25, -0.2) is 18.4 Å². The van der Waals surface area contributed by atoms with Crippen molar-refractivity contribution in [1.82, 2.24) is 15.3 Å². The SMILES string of the molecule is COc1cccc(Nc2nccc(C(=O)NC3CCS(=O)(=O)C3)n2)c1. The van der Waals surface area contributed by atoms with Crippen LogP contribution >= 0.6 is 0 Å². The van der Waals surface area contributed by atoms with E-state index in [-0.39, 0.29) is 29.2 Å². The van der Waals surface area contributed by atoms with Gasteiger partial charge in [0.15, 0.2) is 9.84 Å². The first-order chi connectivity index (χ1) is 11.9. The van der Waals surface area contributed by atoms with Crippen LogP contribution < -0.4 is 15.4 Å². The van der Waals surface area contributed by atoms with Crippen molar-refractivity contribution in [3.05, 3.63) is 42.2 Å². The van der Waals surface area contributed by atoms with E-state index in [9.17, 15) is 13.2 Å². The zero-order valence-electron chi connectivity index (χ0n) is 13.6. The topological polar surface area (TPSA) is 110 Å². The summed E-state index contributed by atoms with van der Waals surface area (Å²) in [5.74, 6) is 0.600. The second-order valence-electron chi connectivity index (χ2n) is 5.70. The van der Waals surface area contributed by atoms with Crippen LogP contribution in [0.5, 0.6) is 5.75 Å². The number of ether oxygens (including phenoxy) is 1. The maximum absolute atomic E-state index is 12.3. The maximum atomic E-state index is 12.3. The van der Waals surface area contributed by atoms with Gasteiger partial charge in [-0.05, 0) is 24.6 Å². The minimum Gasteiger partial charge on any atom is -0.497 e. The number of hydrogen-bond acceptors (Lipinski definition) is 7. The van der Waals surface area contributed by atoms with Crippen LogP contribution in [-0.2, 0) is 9.84 Å². The fourth-order valence-corrected chi connectivity index (χ4v) is 4.22. The molecule has 1 aliphatic heterocycles. The number of methoxy groups -OCH3 is 1. The van der Waals surface area contributed by atoms with Crippen LogP contribution in [0.4, 0.5) is 11.6 Å². The third-order valence-corrected chi connectivity index (χ3v) is 5.55. The van der Waals surface area contributed by atoms with Gasteiger partial charge in [-0.15, -0.1) is 0 Å². The van der Waals surface area contributed by atoms with Crippen LogP contribution in [0.25, 0.3) is 0 Å². The number of nitrogens with one attached hydrogen (secondary N) is 2. The maximum Gasteiger partial charge on any atom is 0.270 e. The molecule has 2 heterocycles. The minimum atomic E-state index is -3.05. The Kier molecular flexibility index (Phi) is 4.84. The second kappa shape index (κ2) is 7.06. The van der Waals surface area contributed by atoms with E-state index in [1.54, 1.807) is 13.2 Å². The van der Waals surface area contributed by atoms with E-state index in [0.717, 1.165) is 5.69 Å². The van der Waals surface area contributed by atoms with Gasteiger partial charge in [0, 0.05) is 24.0 Å². The lowest BCUT2D eigenvalue weighted by atomic mass is 10.2. The minimum absolute atomic E-state index is 0.0290. The van der Waals surface area contributed by atoms with Gasteiger partial charge in [0.05, 0.1) is 18.6 Å². The molecule has 0 saturated carbocycles. The van der Waals surface area contributed by atoms with Crippen molar-refractivity contribution in [2.45, 2.75) is 12.5 Å². The Labute approximate surface area is 145 Å². The lowest BCUT2D eigenvalue weighted by molar-refractivity contribution is 0.0936. The molecule has 9 heteroatoms. The molecular formula is C16H18N4O4S. The fourth-order valence-electron chi connectivity index (χ4n) is 2.54. The molecule has 1 unspecified atom stereocenters. The molecule has 1 aromatic heterocycles. The van der Waals surface area contributed by atoms with Crippen LogP contribution in [-0.4, -0.2) is 49.0 Å². The molecule has 1 atom stereocenters. The van der Waals surface area contributed by atoms with E-state index in [4.69, 9.17) is 4.74 Å². The van der Waals surface area contributed by atoms with Crippen LogP contribution in [0, 0.1) is 0 Å². The molecule has 1 aromatic carbocycles. The van der Waals surface area contributed by atoms with Gasteiger partial charge in [0.25, 0.3) is 5.91 Å². The highest BCUT2D eigenvalue weighted by atomic mass is 32.2. The van der Waals surface area contributed by atoms with E-state index in [0.29, 0.717) is 12.2 Å². The zero-order valence-corrected chi connectivity index (χ0v) is 14.4. The number of sulfone groups is 1. The lowest BCUT2D eigenvalue weighted by Crippen LogP contribution is -2.36. The lowest BCUT2D eigenvalue weighted by Gasteiger charge is -2.11. The summed E-state index contributed by atoms with van der Waals surface area (Å²) in [6, 6.07) is 8.34. The van der Waals surface area contributed by atoms with Crippen molar-refractivity contribution in [3.63, 3.8) is 0 Å². The highest BCUT2D eigenvalue weighted by Gasteiger charge is 2.29. The molecule has 25 heavy (non-hydrogen) atoms. The first-order valence-corrected chi connectivity index (χ1v) is 9.53. The summed E-state index contributed by atoms with van der Waals surface area (Å²) in [6.45, 7) is 0. The molecule has 0 bridgehead atoms. The molecule has 0 radical (unpaired) electrons. The Morgan fingerprint density at radius 1 is 1.32 bits per heavy atom. The number of nitrogens with zero attached hydrogens (tertiary/aromatic N) is 2. The fraction of sp³-hybridized carbons (Fsp3) is 0.312. The molecule has 132 valence electrons. The first-order valence-electron chi connectivity index (χ1n) is 7.70. The predicted molar refractivity (Wildman–Crippen MR) is 92.8 cm³/mol. The summed E-state index contributed by atoms with van der Waals surface area (Å²) in [4.78, 5) is 20.5. The van der Waals surface area contributed by atoms with Crippen LogP contribution in [0.2, 0.25) is 0 Å². The molecular weight excluding hydrogens is 344 g/mol. The summed E-state index contributed by atoms with van der Waals surface area (Å²) in [7, 11) is -1.48. The molecule has 8 nitrogen and oxygen atoms in total. The summed E-state index contributed by atoms with van der Waals surface area (Å²) in [5, 5.41) is 5.71. The van der Waals surface area contributed by atoms with E-state index in [2.05, 4.69) is 20.6 Å². The van der Waals surface area contributed by atoms with Gasteiger partial charge in [0.1, 0.15) is 11.4 Å². The molecule has 1 fully saturated rings. The Morgan fingerprint density at radius 3 is 2.88 bits per heavy atom. The number of anilines is 2. The number of aromatic nitrogens is 2. The number of benzene rings is 1. The normalized spacial score (nSPS) is 18.5. The Balaban J connectivity index is 1.69. The molecule has 1 saturated heterocycles. The second-order valence-corrected chi connectivity index (χ2v) is 7.92. The summed E-state index contributed by atoms with van der Waals surface area (Å²) < 4.78 is 28.1. The van der Waals surface area contributed by atoms with Gasteiger partial charge in [-0.3, -0.25) is 4.79 Å². The Morgan fingerprint density at radius 2 is 2.16 bits per heavy atom. The number of carbonyl (C=O) groups is 1. The number of carbonyl (C=O) groups excluding carboxylic acids is 1. The third-order valence-electron chi connectivity index (χ3n) is 3.78. The van der Waals surface area contributed by atoms with Crippen molar-refractivity contribution in [2.24, 2.45) is 0 Å². The first kappa shape index (κ1) is 17.2. The molecule has 3 rings (SSSR count). The van der Waals surface area contributed by atoms with E-state index < -0.39 is 15.7 Å². The molecule has 1 amide bonds. The van der Waals surface area contributed by atoms with Gasteiger partial charge < -0.3 is 15.4 Å². The zero-order chi connectivity index (χ0) is 17.9. The Bertz CT molecular complexity index is 885. The third kappa shape index (κ3) is 4.44. The van der Waals surface area contributed by atoms with Gasteiger partial charge in [-0.2, -0.15) is 0 Å². The number of hydrogen-bond donors (Lipinski definition) is 2.